The lowest BCUT2D eigenvalue weighted by Crippen LogP contribution is -2.13. The summed E-state index contributed by atoms with van der Waals surface area (Å²) in [5.74, 6) is 0. The van der Waals surface area contributed by atoms with E-state index in [2.05, 4.69) is 20.8 Å². The van der Waals surface area contributed by atoms with Crippen LogP contribution in [0.25, 0.3) is 0 Å². The van der Waals surface area contributed by atoms with E-state index < -0.39 is 7.60 Å². The molecule has 0 bridgehead atoms. The first-order valence-corrected chi connectivity index (χ1v) is 8.33. The molecule has 0 unspecified atom stereocenters. The summed E-state index contributed by atoms with van der Waals surface area (Å²) in [6.45, 7) is 11.0. The average Bonchev–Trinajstić information content (AvgIpc) is 2.28. The minimum Gasteiger partial charge on any atom is -0.305 e. The molecule has 0 N–H and O–H groups in total. The van der Waals surface area contributed by atoms with Crippen LogP contribution in [-0.2, 0) is 20.0 Å². The van der Waals surface area contributed by atoms with Crippen LogP contribution in [0.5, 0.6) is 0 Å². The van der Waals surface area contributed by atoms with Crippen molar-refractivity contribution in [3.63, 3.8) is 0 Å². The minimum absolute atomic E-state index is 0.241. The van der Waals surface area contributed by atoms with E-state index in [9.17, 15) is 4.57 Å². The van der Waals surface area contributed by atoms with Crippen LogP contribution in [0, 0.1) is 5.41 Å². The van der Waals surface area contributed by atoms with Gasteiger partial charge in [0.15, 0.2) is 0 Å². The summed E-state index contributed by atoms with van der Waals surface area (Å²) in [4.78, 5) is 0. The molecular weight excluding hydrogens is 259 g/mol. The molecule has 0 amide bonds. The SMILES string of the molecule is CCOP(=O)(OCC)c1ccc(CC(C)(C)C)cc1. The molecule has 0 aliphatic heterocycles. The Bertz CT molecular complexity index is 422. The summed E-state index contributed by atoms with van der Waals surface area (Å²) in [6.07, 6.45) is 0.987. The summed E-state index contributed by atoms with van der Waals surface area (Å²) < 4.78 is 23.2. The molecule has 3 nitrogen and oxygen atoms in total. The van der Waals surface area contributed by atoms with Crippen molar-refractivity contribution in [2.75, 3.05) is 13.2 Å². The Morgan fingerprint density at radius 3 is 1.84 bits per heavy atom. The van der Waals surface area contributed by atoms with Crippen molar-refractivity contribution in [1.82, 2.24) is 0 Å². The van der Waals surface area contributed by atoms with Gasteiger partial charge in [-0.05, 0) is 43.4 Å². The molecule has 0 atom stereocenters. The molecule has 0 saturated carbocycles. The van der Waals surface area contributed by atoms with Gasteiger partial charge < -0.3 is 9.05 Å². The van der Waals surface area contributed by atoms with Gasteiger partial charge in [0.05, 0.1) is 18.5 Å². The second-order valence-electron chi connectivity index (χ2n) is 5.74. The van der Waals surface area contributed by atoms with Gasteiger partial charge in [0, 0.05) is 0 Å². The topological polar surface area (TPSA) is 35.5 Å². The molecule has 0 radical (unpaired) electrons. The maximum absolute atomic E-state index is 12.6. The highest BCUT2D eigenvalue weighted by Gasteiger charge is 2.26. The Balaban J connectivity index is 2.93. The van der Waals surface area contributed by atoms with E-state index in [1.165, 1.54) is 5.56 Å². The van der Waals surface area contributed by atoms with E-state index in [1.807, 2.05) is 38.1 Å². The van der Waals surface area contributed by atoms with Crippen molar-refractivity contribution >= 4 is 12.9 Å². The highest BCUT2D eigenvalue weighted by atomic mass is 31.2. The van der Waals surface area contributed by atoms with E-state index in [0.29, 0.717) is 18.5 Å². The van der Waals surface area contributed by atoms with E-state index in [1.54, 1.807) is 0 Å². The van der Waals surface area contributed by atoms with Crippen LogP contribution in [0.4, 0.5) is 0 Å². The third-order valence-electron chi connectivity index (χ3n) is 2.59. The minimum atomic E-state index is -3.14. The van der Waals surface area contributed by atoms with Gasteiger partial charge in [-0.1, -0.05) is 32.9 Å². The van der Waals surface area contributed by atoms with Crippen molar-refractivity contribution in [2.45, 2.75) is 41.0 Å². The molecule has 0 aromatic heterocycles. The molecule has 1 rings (SSSR count). The quantitative estimate of drug-likeness (QED) is 0.736. The van der Waals surface area contributed by atoms with Crippen LogP contribution in [0.1, 0.15) is 40.2 Å². The Morgan fingerprint density at radius 1 is 1.00 bits per heavy atom. The second kappa shape index (κ2) is 6.69. The average molecular weight is 284 g/mol. The normalized spacial score (nSPS) is 12.7. The van der Waals surface area contributed by atoms with Gasteiger partial charge in [-0.3, -0.25) is 4.57 Å². The van der Waals surface area contributed by atoms with Crippen LogP contribution in [0.15, 0.2) is 24.3 Å². The highest BCUT2D eigenvalue weighted by molar-refractivity contribution is 7.62. The fraction of sp³-hybridized carbons (Fsp3) is 0.600. The lowest BCUT2D eigenvalue weighted by atomic mass is 9.88. The van der Waals surface area contributed by atoms with Gasteiger partial charge in [-0.2, -0.15) is 0 Å². The van der Waals surface area contributed by atoms with Crippen LogP contribution in [0.2, 0.25) is 0 Å². The Morgan fingerprint density at radius 2 is 1.47 bits per heavy atom. The Labute approximate surface area is 116 Å². The lowest BCUT2D eigenvalue weighted by Gasteiger charge is -2.20. The predicted octanol–water partition coefficient (Wildman–Crippen LogP) is 4.17. The fourth-order valence-corrected chi connectivity index (χ4v) is 3.50. The van der Waals surface area contributed by atoms with Gasteiger partial charge in [0.1, 0.15) is 0 Å². The summed E-state index contributed by atoms with van der Waals surface area (Å²) in [7, 11) is -3.14. The summed E-state index contributed by atoms with van der Waals surface area (Å²) in [6, 6.07) is 7.72. The van der Waals surface area contributed by atoms with Crippen LogP contribution < -0.4 is 5.30 Å². The van der Waals surface area contributed by atoms with Crippen molar-refractivity contribution in [2.24, 2.45) is 5.41 Å². The zero-order valence-electron chi connectivity index (χ0n) is 12.6. The largest absolute Gasteiger partial charge is 0.361 e. The molecule has 0 spiro atoms. The van der Waals surface area contributed by atoms with Gasteiger partial charge in [0.25, 0.3) is 0 Å². The van der Waals surface area contributed by atoms with Crippen LogP contribution >= 0.6 is 7.60 Å². The summed E-state index contributed by atoms with van der Waals surface area (Å²) >= 11 is 0. The molecule has 19 heavy (non-hydrogen) atoms. The van der Waals surface area contributed by atoms with E-state index in [0.717, 1.165) is 6.42 Å². The monoisotopic (exact) mass is 284 g/mol. The first kappa shape index (κ1) is 16.4. The number of rotatable bonds is 6. The number of hydrogen-bond donors (Lipinski definition) is 0. The zero-order valence-corrected chi connectivity index (χ0v) is 13.5. The lowest BCUT2D eigenvalue weighted by molar-refractivity contribution is 0.230. The molecule has 0 saturated heterocycles. The van der Waals surface area contributed by atoms with Crippen molar-refractivity contribution in [3.8, 4) is 0 Å². The maximum atomic E-state index is 12.6. The molecule has 0 aliphatic rings. The molecule has 1 aromatic carbocycles. The third kappa shape index (κ3) is 5.10. The molecular formula is C15H25O3P. The number of hydrogen-bond acceptors (Lipinski definition) is 3. The van der Waals surface area contributed by atoms with E-state index in [-0.39, 0.29) is 5.41 Å². The molecule has 0 aliphatic carbocycles. The maximum Gasteiger partial charge on any atom is 0.361 e. The van der Waals surface area contributed by atoms with Crippen molar-refractivity contribution in [3.05, 3.63) is 29.8 Å². The van der Waals surface area contributed by atoms with Crippen molar-refractivity contribution in [1.29, 1.82) is 0 Å². The Hall–Kier alpha value is -0.630. The first-order chi connectivity index (χ1) is 8.80. The Kier molecular flexibility index (Phi) is 5.79. The molecule has 0 fully saturated rings. The molecule has 108 valence electrons. The first-order valence-electron chi connectivity index (χ1n) is 6.79. The summed E-state index contributed by atoms with van der Waals surface area (Å²) in [5.41, 5.74) is 1.47. The molecule has 0 heterocycles. The van der Waals surface area contributed by atoms with Crippen LogP contribution in [-0.4, -0.2) is 13.2 Å². The van der Waals surface area contributed by atoms with Crippen LogP contribution in [0.3, 0.4) is 0 Å². The van der Waals surface area contributed by atoms with Gasteiger partial charge in [0.2, 0.25) is 0 Å². The van der Waals surface area contributed by atoms with E-state index >= 15 is 0 Å². The van der Waals surface area contributed by atoms with Gasteiger partial charge >= 0.3 is 7.60 Å². The van der Waals surface area contributed by atoms with Gasteiger partial charge in [-0.15, -0.1) is 0 Å². The molecule has 4 heteroatoms. The van der Waals surface area contributed by atoms with Crippen molar-refractivity contribution < 1.29 is 13.6 Å². The number of benzene rings is 1. The fourth-order valence-electron chi connectivity index (χ4n) is 1.94. The smallest absolute Gasteiger partial charge is 0.305 e. The molecule has 1 aromatic rings. The second-order valence-corrected chi connectivity index (χ2v) is 7.76. The van der Waals surface area contributed by atoms with E-state index in [4.69, 9.17) is 9.05 Å². The zero-order chi connectivity index (χ0) is 14.5. The van der Waals surface area contributed by atoms with Gasteiger partial charge in [-0.25, -0.2) is 0 Å². The predicted molar refractivity (Wildman–Crippen MR) is 80.1 cm³/mol. The summed E-state index contributed by atoms with van der Waals surface area (Å²) in [5, 5.41) is 0.633. The third-order valence-corrected chi connectivity index (χ3v) is 4.71. The highest BCUT2D eigenvalue weighted by Crippen LogP contribution is 2.46. The standard InChI is InChI=1S/C15H25O3P/c1-6-17-19(16,18-7-2)14-10-8-13(9-11-14)12-15(3,4)5/h8-11H,6-7,12H2,1-5H3.